The molecule has 0 unspecified atom stereocenters. The number of amides is 1. The van der Waals surface area contributed by atoms with Crippen molar-refractivity contribution in [3.63, 3.8) is 0 Å². The molecule has 0 aromatic heterocycles. The lowest BCUT2D eigenvalue weighted by Crippen LogP contribution is -2.38. The first-order chi connectivity index (χ1) is 13.9. The van der Waals surface area contributed by atoms with Crippen molar-refractivity contribution < 1.29 is 13.2 Å². The number of hydrogen-bond acceptors (Lipinski definition) is 3. The number of carbonyl (C=O) groups excluding carboxylic acids is 1. The summed E-state index contributed by atoms with van der Waals surface area (Å²) in [6.45, 7) is 1.59. The van der Waals surface area contributed by atoms with Crippen LogP contribution in [0.3, 0.4) is 0 Å². The Hall–Kier alpha value is -2.83. The molecule has 0 spiro atoms. The molecule has 0 saturated carbocycles. The molecule has 150 valence electrons. The fraction of sp³-hybridized carbons (Fsp3) is 0.136. The first-order valence-corrected chi connectivity index (χ1v) is 10.9. The van der Waals surface area contributed by atoms with Gasteiger partial charge in [0.2, 0.25) is 5.91 Å². The van der Waals surface area contributed by atoms with Gasteiger partial charge in [0.25, 0.3) is 10.0 Å². The van der Waals surface area contributed by atoms with E-state index in [4.69, 9.17) is 11.6 Å². The van der Waals surface area contributed by atoms with Crippen LogP contribution in [0.5, 0.6) is 0 Å². The predicted octanol–water partition coefficient (Wildman–Crippen LogP) is 4.74. The molecule has 29 heavy (non-hydrogen) atoms. The van der Waals surface area contributed by atoms with Gasteiger partial charge in [-0.3, -0.25) is 9.10 Å². The van der Waals surface area contributed by atoms with Crippen molar-refractivity contribution in [2.24, 2.45) is 0 Å². The number of benzene rings is 3. The van der Waals surface area contributed by atoms with Crippen LogP contribution in [0.1, 0.15) is 12.5 Å². The summed E-state index contributed by atoms with van der Waals surface area (Å²) in [7, 11) is -3.93. The lowest BCUT2D eigenvalue weighted by atomic mass is 10.1. The van der Waals surface area contributed by atoms with Crippen molar-refractivity contribution >= 4 is 38.9 Å². The molecule has 0 atom stereocenters. The Labute approximate surface area is 176 Å². The summed E-state index contributed by atoms with van der Waals surface area (Å²) in [6, 6.07) is 21.9. The van der Waals surface area contributed by atoms with Crippen LogP contribution in [-0.2, 0) is 21.2 Å². The van der Waals surface area contributed by atoms with Crippen molar-refractivity contribution in [1.82, 2.24) is 0 Å². The summed E-state index contributed by atoms with van der Waals surface area (Å²) in [5.41, 5.74) is 1.87. The van der Waals surface area contributed by atoms with E-state index in [0.29, 0.717) is 22.8 Å². The fourth-order valence-corrected chi connectivity index (χ4v) is 4.54. The van der Waals surface area contributed by atoms with Gasteiger partial charge in [0.15, 0.2) is 0 Å². The first kappa shape index (κ1) is 20.9. The lowest BCUT2D eigenvalue weighted by Gasteiger charge is -2.26. The number of rotatable bonds is 7. The standard InChI is InChI=1S/C22H21ClN2O3S/c1-2-17-8-6-7-11-21(17)25(29(27,28)20-9-4-3-5-10-20)16-22(26)24-19-14-12-18(23)13-15-19/h3-15H,2,16H2,1H3,(H,24,26). The molecular weight excluding hydrogens is 408 g/mol. The number of para-hydroxylation sites is 1. The van der Waals surface area contributed by atoms with Gasteiger partial charge in [0.05, 0.1) is 10.6 Å². The number of anilines is 2. The minimum absolute atomic E-state index is 0.130. The van der Waals surface area contributed by atoms with Crippen molar-refractivity contribution in [2.75, 3.05) is 16.2 Å². The summed E-state index contributed by atoms with van der Waals surface area (Å²) >= 11 is 5.87. The summed E-state index contributed by atoms with van der Waals surface area (Å²) in [5.74, 6) is -0.447. The highest BCUT2D eigenvalue weighted by molar-refractivity contribution is 7.92. The van der Waals surface area contributed by atoms with Gasteiger partial charge in [0.1, 0.15) is 6.54 Å². The molecule has 0 radical (unpaired) electrons. The van der Waals surface area contributed by atoms with E-state index < -0.39 is 15.9 Å². The maximum absolute atomic E-state index is 13.4. The van der Waals surface area contributed by atoms with Crippen LogP contribution in [0, 0.1) is 0 Å². The highest BCUT2D eigenvalue weighted by atomic mass is 35.5. The zero-order valence-electron chi connectivity index (χ0n) is 15.9. The van der Waals surface area contributed by atoms with Gasteiger partial charge in [-0.05, 0) is 54.4 Å². The SMILES string of the molecule is CCc1ccccc1N(CC(=O)Nc1ccc(Cl)cc1)S(=O)(=O)c1ccccc1. The van der Waals surface area contributed by atoms with Crippen molar-refractivity contribution in [1.29, 1.82) is 0 Å². The van der Waals surface area contributed by atoms with Gasteiger partial charge in [0, 0.05) is 10.7 Å². The molecule has 7 heteroatoms. The smallest absolute Gasteiger partial charge is 0.264 e. The highest BCUT2D eigenvalue weighted by Gasteiger charge is 2.28. The maximum Gasteiger partial charge on any atom is 0.264 e. The van der Waals surface area contributed by atoms with E-state index in [1.54, 1.807) is 54.6 Å². The quantitative estimate of drug-likeness (QED) is 0.591. The van der Waals surface area contributed by atoms with Crippen LogP contribution in [0.25, 0.3) is 0 Å². The second kappa shape index (κ2) is 9.11. The zero-order valence-corrected chi connectivity index (χ0v) is 17.5. The third-order valence-corrected chi connectivity index (χ3v) is 6.41. The van der Waals surface area contributed by atoms with Crippen LogP contribution in [0.2, 0.25) is 5.02 Å². The molecule has 0 heterocycles. The second-order valence-electron chi connectivity index (χ2n) is 6.36. The fourth-order valence-electron chi connectivity index (χ4n) is 2.94. The molecule has 1 amide bonds. The summed E-state index contributed by atoms with van der Waals surface area (Å²) in [6.07, 6.45) is 0.635. The Morgan fingerprint density at radius 2 is 1.55 bits per heavy atom. The van der Waals surface area contributed by atoms with Gasteiger partial charge < -0.3 is 5.32 Å². The van der Waals surface area contributed by atoms with Gasteiger partial charge in [-0.15, -0.1) is 0 Å². The Bertz CT molecular complexity index is 1080. The largest absolute Gasteiger partial charge is 0.325 e. The number of halogens is 1. The Balaban J connectivity index is 1.97. The second-order valence-corrected chi connectivity index (χ2v) is 8.66. The number of aryl methyl sites for hydroxylation is 1. The third kappa shape index (κ3) is 4.96. The average Bonchev–Trinajstić information content (AvgIpc) is 2.74. The van der Waals surface area contributed by atoms with E-state index in [9.17, 15) is 13.2 Å². The van der Waals surface area contributed by atoms with E-state index >= 15 is 0 Å². The number of sulfonamides is 1. The molecule has 0 saturated heterocycles. The first-order valence-electron chi connectivity index (χ1n) is 9.13. The third-order valence-electron chi connectivity index (χ3n) is 4.39. The minimum atomic E-state index is -3.93. The Morgan fingerprint density at radius 1 is 0.931 bits per heavy atom. The van der Waals surface area contributed by atoms with Crippen LogP contribution in [0.15, 0.2) is 83.8 Å². The number of carbonyl (C=O) groups is 1. The molecule has 3 rings (SSSR count). The Morgan fingerprint density at radius 3 is 2.21 bits per heavy atom. The summed E-state index contributed by atoms with van der Waals surface area (Å²) in [4.78, 5) is 12.8. The topological polar surface area (TPSA) is 66.5 Å². The van der Waals surface area contributed by atoms with Crippen LogP contribution in [0.4, 0.5) is 11.4 Å². The normalized spacial score (nSPS) is 11.1. The van der Waals surface area contributed by atoms with E-state index in [1.165, 1.54) is 12.1 Å². The molecule has 3 aromatic rings. The zero-order chi connectivity index (χ0) is 20.9. The monoisotopic (exact) mass is 428 g/mol. The van der Waals surface area contributed by atoms with Crippen LogP contribution >= 0.6 is 11.6 Å². The summed E-state index contributed by atoms with van der Waals surface area (Å²) < 4.78 is 27.9. The van der Waals surface area contributed by atoms with Crippen molar-refractivity contribution in [3.8, 4) is 0 Å². The number of nitrogens with one attached hydrogen (secondary N) is 1. The van der Waals surface area contributed by atoms with Gasteiger partial charge in [-0.1, -0.05) is 54.9 Å². The van der Waals surface area contributed by atoms with E-state index in [2.05, 4.69) is 5.32 Å². The van der Waals surface area contributed by atoms with Crippen LogP contribution in [-0.4, -0.2) is 20.9 Å². The predicted molar refractivity (Wildman–Crippen MR) is 117 cm³/mol. The average molecular weight is 429 g/mol. The molecule has 0 fully saturated rings. The van der Waals surface area contributed by atoms with E-state index in [0.717, 1.165) is 9.87 Å². The van der Waals surface area contributed by atoms with Gasteiger partial charge in [-0.25, -0.2) is 8.42 Å². The molecule has 5 nitrogen and oxygen atoms in total. The van der Waals surface area contributed by atoms with Crippen LogP contribution < -0.4 is 9.62 Å². The van der Waals surface area contributed by atoms with Gasteiger partial charge >= 0.3 is 0 Å². The van der Waals surface area contributed by atoms with Crippen molar-refractivity contribution in [2.45, 2.75) is 18.2 Å². The molecule has 0 aliphatic heterocycles. The highest BCUT2D eigenvalue weighted by Crippen LogP contribution is 2.27. The molecule has 0 bridgehead atoms. The molecular formula is C22H21ClN2O3S. The minimum Gasteiger partial charge on any atom is -0.325 e. The molecule has 0 aliphatic carbocycles. The van der Waals surface area contributed by atoms with Crippen molar-refractivity contribution in [3.05, 3.63) is 89.4 Å². The number of hydrogen-bond donors (Lipinski definition) is 1. The van der Waals surface area contributed by atoms with E-state index in [-0.39, 0.29) is 11.4 Å². The van der Waals surface area contributed by atoms with Gasteiger partial charge in [-0.2, -0.15) is 0 Å². The summed E-state index contributed by atoms with van der Waals surface area (Å²) in [5, 5.41) is 3.28. The number of nitrogens with zero attached hydrogens (tertiary/aromatic N) is 1. The Kier molecular flexibility index (Phi) is 6.56. The molecule has 0 aliphatic rings. The lowest BCUT2D eigenvalue weighted by molar-refractivity contribution is -0.114. The molecule has 3 aromatic carbocycles. The maximum atomic E-state index is 13.4. The van der Waals surface area contributed by atoms with E-state index in [1.807, 2.05) is 19.1 Å². The molecule has 1 N–H and O–H groups in total.